The minimum Gasteiger partial charge on any atom is -0.341 e. The van der Waals surface area contributed by atoms with Crippen LogP contribution in [0.2, 0.25) is 5.02 Å². The summed E-state index contributed by atoms with van der Waals surface area (Å²) in [6, 6.07) is 8.21. The fourth-order valence-corrected chi connectivity index (χ4v) is 2.84. The maximum Gasteiger partial charge on any atom is 0.288 e. The van der Waals surface area contributed by atoms with Crippen LogP contribution in [-0.2, 0) is 6.42 Å². The molecule has 0 saturated heterocycles. The van der Waals surface area contributed by atoms with E-state index in [0.717, 1.165) is 6.42 Å². The van der Waals surface area contributed by atoms with E-state index < -0.39 is 4.92 Å². The molecule has 110 valence electrons. The topological polar surface area (TPSA) is 63.5 Å². The number of nitro groups is 1. The largest absolute Gasteiger partial charge is 0.341 e. The van der Waals surface area contributed by atoms with E-state index in [-0.39, 0.29) is 22.2 Å². The van der Waals surface area contributed by atoms with Crippen molar-refractivity contribution in [2.24, 2.45) is 0 Å². The van der Waals surface area contributed by atoms with E-state index in [1.165, 1.54) is 28.0 Å². The average molecular weight is 325 g/mol. The molecule has 0 atom stereocenters. The number of nitro benzene ring substituents is 1. The molecule has 0 bridgehead atoms. The number of carbonyl (C=O) groups excluding carboxylic acids is 1. The van der Waals surface area contributed by atoms with E-state index in [1.54, 1.807) is 18.4 Å². The van der Waals surface area contributed by atoms with Crippen molar-refractivity contribution < 1.29 is 9.72 Å². The maximum absolute atomic E-state index is 12.3. The van der Waals surface area contributed by atoms with E-state index in [1.807, 2.05) is 17.5 Å². The normalized spacial score (nSPS) is 10.4. The zero-order valence-electron chi connectivity index (χ0n) is 11.3. The minimum absolute atomic E-state index is 0.115. The molecular formula is C14H13ClN2O3S. The number of halogens is 1. The Balaban J connectivity index is 2.12. The first kappa shape index (κ1) is 15.5. The number of thiophene rings is 1. The van der Waals surface area contributed by atoms with E-state index in [4.69, 9.17) is 11.6 Å². The molecule has 0 fully saturated rings. The highest BCUT2D eigenvalue weighted by atomic mass is 35.5. The summed E-state index contributed by atoms with van der Waals surface area (Å²) < 4.78 is 0. The van der Waals surface area contributed by atoms with E-state index in [0.29, 0.717) is 6.54 Å². The van der Waals surface area contributed by atoms with Gasteiger partial charge in [0.15, 0.2) is 0 Å². The molecule has 0 aliphatic carbocycles. The van der Waals surface area contributed by atoms with E-state index in [2.05, 4.69) is 0 Å². The Morgan fingerprint density at radius 1 is 1.38 bits per heavy atom. The second-order valence-electron chi connectivity index (χ2n) is 4.45. The Labute approximate surface area is 130 Å². The van der Waals surface area contributed by atoms with E-state index >= 15 is 0 Å². The van der Waals surface area contributed by atoms with Gasteiger partial charge in [-0.1, -0.05) is 23.7 Å². The lowest BCUT2D eigenvalue weighted by molar-refractivity contribution is -0.384. The van der Waals surface area contributed by atoms with Gasteiger partial charge >= 0.3 is 0 Å². The van der Waals surface area contributed by atoms with Crippen LogP contribution in [0.3, 0.4) is 0 Å². The van der Waals surface area contributed by atoms with Crippen LogP contribution in [0.15, 0.2) is 35.7 Å². The quantitative estimate of drug-likeness (QED) is 0.623. The summed E-state index contributed by atoms with van der Waals surface area (Å²) in [4.78, 5) is 25.3. The second-order valence-corrected chi connectivity index (χ2v) is 5.86. The van der Waals surface area contributed by atoms with E-state index in [9.17, 15) is 14.9 Å². The second kappa shape index (κ2) is 6.69. The van der Waals surface area contributed by atoms with Crippen molar-refractivity contribution in [3.63, 3.8) is 0 Å². The Kier molecular flexibility index (Phi) is 4.93. The molecule has 0 N–H and O–H groups in total. The van der Waals surface area contributed by atoms with Crippen molar-refractivity contribution in [2.45, 2.75) is 6.42 Å². The number of hydrogen-bond acceptors (Lipinski definition) is 4. The Hall–Kier alpha value is -1.92. The maximum atomic E-state index is 12.3. The summed E-state index contributed by atoms with van der Waals surface area (Å²) in [5.74, 6) is -0.319. The Morgan fingerprint density at radius 2 is 2.14 bits per heavy atom. The molecule has 0 radical (unpaired) electrons. The van der Waals surface area contributed by atoms with Crippen molar-refractivity contribution in [1.82, 2.24) is 4.90 Å². The zero-order valence-corrected chi connectivity index (χ0v) is 12.9. The number of hydrogen-bond donors (Lipinski definition) is 0. The third-order valence-corrected chi connectivity index (χ3v) is 4.36. The third-order valence-electron chi connectivity index (χ3n) is 3.03. The molecule has 21 heavy (non-hydrogen) atoms. The molecule has 1 amide bonds. The predicted octanol–water partition coefficient (Wildman–Crippen LogP) is 3.62. The summed E-state index contributed by atoms with van der Waals surface area (Å²) in [7, 11) is 1.66. The first-order chi connectivity index (χ1) is 10.0. The van der Waals surface area contributed by atoms with Crippen LogP contribution in [-0.4, -0.2) is 29.3 Å². The number of likely N-dealkylation sites (N-methyl/N-ethyl adjacent to an activating group) is 1. The highest BCUT2D eigenvalue weighted by Crippen LogP contribution is 2.28. The van der Waals surface area contributed by atoms with Gasteiger partial charge < -0.3 is 4.90 Å². The van der Waals surface area contributed by atoms with Crippen LogP contribution < -0.4 is 0 Å². The van der Waals surface area contributed by atoms with Crippen molar-refractivity contribution in [3.05, 3.63) is 61.3 Å². The number of amides is 1. The third kappa shape index (κ3) is 3.59. The van der Waals surface area contributed by atoms with Gasteiger partial charge in [0.25, 0.3) is 11.6 Å². The number of nitrogens with zero attached hydrogens (tertiary/aromatic N) is 2. The van der Waals surface area contributed by atoms with Gasteiger partial charge in [0, 0.05) is 24.5 Å². The SMILES string of the molecule is CN(CCc1cccs1)C(=O)c1cccc([N+](=O)[O-])c1Cl. The molecule has 0 saturated carbocycles. The van der Waals surface area contributed by atoms with Gasteiger partial charge in [-0.3, -0.25) is 14.9 Å². The summed E-state index contributed by atoms with van der Waals surface area (Å²) in [6.07, 6.45) is 0.743. The Bertz CT molecular complexity index is 658. The fourth-order valence-electron chi connectivity index (χ4n) is 1.87. The van der Waals surface area contributed by atoms with Crippen LogP contribution >= 0.6 is 22.9 Å². The number of benzene rings is 1. The van der Waals surface area contributed by atoms with Crippen LogP contribution in [0.1, 0.15) is 15.2 Å². The molecule has 1 heterocycles. The first-order valence-corrected chi connectivity index (χ1v) is 7.47. The van der Waals surface area contributed by atoms with Crippen molar-refractivity contribution in [2.75, 3.05) is 13.6 Å². The molecule has 0 unspecified atom stereocenters. The molecule has 1 aromatic carbocycles. The van der Waals surface area contributed by atoms with Gasteiger partial charge in [-0.05, 0) is 23.9 Å². The summed E-state index contributed by atoms with van der Waals surface area (Å²) in [5.41, 5.74) is -0.103. The lowest BCUT2D eigenvalue weighted by atomic mass is 10.1. The average Bonchev–Trinajstić information content (AvgIpc) is 2.97. The molecule has 5 nitrogen and oxygen atoms in total. The van der Waals surface area contributed by atoms with Crippen LogP contribution in [0.5, 0.6) is 0 Å². The Morgan fingerprint density at radius 3 is 2.76 bits per heavy atom. The van der Waals surface area contributed by atoms with Gasteiger partial charge in [-0.15, -0.1) is 11.3 Å². The highest BCUT2D eigenvalue weighted by molar-refractivity contribution is 7.09. The van der Waals surface area contributed by atoms with Crippen molar-refractivity contribution in [3.8, 4) is 0 Å². The number of carbonyl (C=O) groups is 1. The molecular weight excluding hydrogens is 312 g/mol. The zero-order chi connectivity index (χ0) is 15.4. The molecule has 0 spiro atoms. The van der Waals surface area contributed by atoms with Crippen molar-refractivity contribution >= 4 is 34.5 Å². The molecule has 0 aliphatic heterocycles. The summed E-state index contributed by atoms with van der Waals surface area (Å²) in [5, 5.41) is 12.7. The van der Waals surface area contributed by atoms with Gasteiger partial charge in [0.2, 0.25) is 0 Å². The van der Waals surface area contributed by atoms with Gasteiger partial charge in [-0.2, -0.15) is 0 Å². The summed E-state index contributed by atoms with van der Waals surface area (Å²) >= 11 is 7.58. The smallest absolute Gasteiger partial charge is 0.288 e. The van der Waals surface area contributed by atoms with Gasteiger partial charge in [0.1, 0.15) is 5.02 Å². The van der Waals surface area contributed by atoms with Crippen LogP contribution in [0.25, 0.3) is 0 Å². The lowest BCUT2D eigenvalue weighted by Crippen LogP contribution is -2.29. The van der Waals surface area contributed by atoms with Gasteiger partial charge in [-0.25, -0.2) is 0 Å². The van der Waals surface area contributed by atoms with Crippen LogP contribution in [0, 0.1) is 10.1 Å². The number of rotatable bonds is 5. The summed E-state index contributed by atoms with van der Waals surface area (Å²) in [6.45, 7) is 0.526. The monoisotopic (exact) mass is 324 g/mol. The fraction of sp³-hybridized carbons (Fsp3) is 0.214. The lowest BCUT2D eigenvalue weighted by Gasteiger charge is -2.17. The highest BCUT2D eigenvalue weighted by Gasteiger charge is 2.22. The minimum atomic E-state index is -0.592. The standard InChI is InChI=1S/C14H13ClN2O3S/c1-16(8-7-10-4-3-9-21-10)14(18)11-5-2-6-12(13(11)15)17(19)20/h2-6,9H,7-8H2,1H3. The van der Waals surface area contributed by atoms with Gasteiger partial charge in [0.05, 0.1) is 10.5 Å². The van der Waals surface area contributed by atoms with Crippen molar-refractivity contribution in [1.29, 1.82) is 0 Å². The molecule has 7 heteroatoms. The molecule has 1 aromatic heterocycles. The predicted molar refractivity (Wildman–Crippen MR) is 83.1 cm³/mol. The molecule has 0 aliphatic rings. The molecule has 2 rings (SSSR count). The molecule has 2 aromatic rings. The first-order valence-electron chi connectivity index (χ1n) is 6.21. The van der Waals surface area contributed by atoms with Crippen LogP contribution in [0.4, 0.5) is 5.69 Å².